The van der Waals surface area contributed by atoms with E-state index in [4.69, 9.17) is 0 Å². The Balaban J connectivity index is 1.42. The van der Waals surface area contributed by atoms with Crippen LogP contribution in [0.5, 0.6) is 0 Å². The van der Waals surface area contributed by atoms with Gasteiger partial charge in [-0.2, -0.15) is 0 Å². The zero-order valence-electron chi connectivity index (χ0n) is 15.0. The average molecular weight is 388 g/mol. The SMILES string of the molecule is CS(=O)(=O)Cc1ccc(N2CCC(c3nc4ccc(F)cc4[nH]3)CC2)nc1. The summed E-state index contributed by atoms with van der Waals surface area (Å²) in [5.41, 5.74) is 2.22. The van der Waals surface area contributed by atoms with E-state index >= 15 is 0 Å². The van der Waals surface area contributed by atoms with Crippen LogP contribution in [-0.2, 0) is 15.6 Å². The molecule has 4 rings (SSSR count). The topological polar surface area (TPSA) is 79.0 Å². The number of fused-ring (bicyclic) bond motifs is 1. The van der Waals surface area contributed by atoms with Crippen LogP contribution in [0, 0.1) is 5.82 Å². The number of hydrogen-bond donors (Lipinski definition) is 1. The lowest BCUT2D eigenvalue weighted by Crippen LogP contribution is -2.33. The smallest absolute Gasteiger partial charge is 0.151 e. The number of benzene rings is 1. The largest absolute Gasteiger partial charge is 0.357 e. The van der Waals surface area contributed by atoms with E-state index in [1.807, 2.05) is 12.1 Å². The van der Waals surface area contributed by atoms with Gasteiger partial charge in [0.15, 0.2) is 9.84 Å². The number of aromatic nitrogens is 3. The van der Waals surface area contributed by atoms with Gasteiger partial charge in [0.1, 0.15) is 17.5 Å². The van der Waals surface area contributed by atoms with Gasteiger partial charge < -0.3 is 9.88 Å². The first-order valence-corrected chi connectivity index (χ1v) is 11.0. The molecule has 8 heteroatoms. The van der Waals surface area contributed by atoms with E-state index < -0.39 is 9.84 Å². The Morgan fingerprint density at radius 3 is 2.67 bits per heavy atom. The van der Waals surface area contributed by atoms with E-state index in [2.05, 4.69) is 19.9 Å². The molecule has 3 heterocycles. The molecule has 1 fully saturated rings. The molecular formula is C19H21FN4O2S. The normalized spacial score (nSPS) is 16.1. The molecule has 0 saturated carbocycles. The van der Waals surface area contributed by atoms with Crippen molar-refractivity contribution in [3.05, 3.63) is 53.7 Å². The summed E-state index contributed by atoms with van der Waals surface area (Å²) in [4.78, 5) is 14.5. The first kappa shape index (κ1) is 17.9. The number of imidazole rings is 1. The molecule has 0 spiro atoms. The third-order valence-corrected chi connectivity index (χ3v) is 5.76. The van der Waals surface area contributed by atoms with Crippen molar-refractivity contribution in [2.45, 2.75) is 24.5 Å². The second kappa shape index (κ2) is 6.92. The van der Waals surface area contributed by atoms with Gasteiger partial charge in [-0.15, -0.1) is 0 Å². The van der Waals surface area contributed by atoms with Crippen LogP contribution in [0.15, 0.2) is 36.5 Å². The summed E-state index contributed by atoms with van der Waals surface area (Å²) in [7, 11) is -3.05. The second-order valence-corrected chi connectivity index (χ2v) is 9.28. The minimum absolute atomic E-state index is 0.00893. The van der Waals surface area contributed by atoms with Crippen LogP contribution in [-0.4, -0.2) is 42.7 Å². The number of sulfone groups is 1. The second-order valence-electron chi connectivity index (χ2n) is 7.14. The Morgan fingerprint density at radius 2 is 2.00 bits per heavy atom. The molecule has 142 valence electrons. The number of anilines is 1. The Morgan fingerprint density at radius 1 is 1.22 bits per heavy atom. The van der Waals surface area contributed by atoms with Crippen LogP contribution >= 0.6 is 0 Å². The molecule has 1 N–H and O–H groups in total. The van der Waals surface area contributed by atoms with Crippen molar-refractivity contribution < 1.29 is 12.8 Å². The Bertz CT molecular complexity index is 1060. The van der Waals surface area contributed by atoms with E-state index in [0.717, 1.165) is 48.6 Å². The molecule has 1 aromatic carbocycles. The van der Waals surface area contributed by atoms with E-state index in [9.17, 15) is 12.8 Å². The maximum atomic E-state index is 13.4. The standard InChI is InChI=1S/C19H21FN4O2S/c1-27(25,26)12-13-2-5-18(21-11-13)24-8-6-14(7-9-24)19-22-16-4-3-15(20)10-17(16)23-19/h2-5,10-11,14H,6-9,12H2,1H3,(H,22,23). The molecule has 0 unspecified atom stereocenters. The Hall–Kier alpha value is -2.48. The number of piperidine rings is 1. The van der Waals surface area contributed by atoms with Crippen molar-refractivity contribution >= 4 is 26.7 Å². The first-order valence-electron chi connectivity index (χ1n) is 8.90. The number of aromatic amines is 1. The number of hydrogen-bond acceptors (Lipinski definition) is 5. The molecule has 0 aliphatic carbocycles. The summed E-state index contributed by atoms with van der Waals surface area (Å²) in [6.07, 6.45) is 4.71. The number of nitrogens with one attached hydrogen (secondary N) is 1. The van der Waals surface area contributed by atoms with Gasteiger partial charge in [-0.05, 0) is 42.7 Å². The lowest BCUT2D eigenvalue weighted by Gasteiger charge is -2.32. The molecular weight excluding hydrogens is 367 g/mol. The van der Waals surface area contributed by atoms with Crippen LogP contribution in [0.4, 0.5) is 10.2 Å². The fourth-order valence-corrected chi connectivity index (χ4v) is 4.35. The van der Waals surface area contributed by atoms with E-state index in [1.165, 1.54) is 18.4 Å². The van der Waals surface area contributed by atoms with Crippen LogP contribution in [0.3, 0.4) is 0 Å². The highest BCUT2D eigenvalue weighted by molar-refractivity contribution is 7.89. The summed E-state index contributed by atoms with van der Waals surface area (Å²) in [6.45, 7) is 1.68. The average Bonchev–Trinajstić information content (AvgIpc) is 3.04. The summed E-state index contributed by atoms with van der Waals surface area (Å²) >= 11 is 0. The van der Waals surface area contributed by atoms with Crippen LogP contribution in [0.25, 0.3) is 11.0 Å². The minimum atomic E-state index is -3.05. The molecule has 27 heavy (non-hydrogen) atoms. The fraction of sp³-hybridized carbons (Fsp3) is 0.368. The van der Waals surface area contributed by atoms with Crippen LogP contribution in [0.2, 0.25) is 0 Å². The first-order chi connectivity index (χ1) is 12.9. The molecule has 0 radical (unpaired) electrons. The van der Waals surface area contributed by atoms with Gasteiger partial charge >= 0.3 is 0 Å². The van der Waals surface area contributed by atoms with Gasteiger partial charge in [-0.25, -0.2) is 22.8 Å². The quantitative estimate of drug-likeness (QED) is 0.743. The van der Waals surface area contributed by atoms with E-state index in [-0.39, 0.29) is 11.6 Å². The zero-order chi connectivity index (χ0) is 19.0. The third kappa shape index (κ3) is 4.10. The van der Waals surface area contributed by atoms with Crippen molar-refractivity contribution in [3.8, 4) is 0 Å². The lowest BCUT2D eigenvalue weighted by molar-refractivity contribution is 0.487. The minimum Gasteiger partial charge on any atom is -0.357 e. The van der Waals surface area contributed by atoms with Gasteiger partial charge in [0, 0.05) is 31.5 Å². The molecule has 1 saturated heterocycles. The van der Waals surface area contributed by atoms with Crippen molar-refractivity contribution in [1.82, 2.24) is 15.0 Å². The Labute approximate surface area is 157 Å². The van der Waals surface area contributed by atoms with Gasteiger partial charge in [0.25, 0.3) is 0 Å². The summed E-state index contributed by atoms with van der Waals surface area (Å²) < 4.78 is 36.1. The van der Waals surface area contributed by atoms with E-state index in [0.29, 0.717) is 11.5 Å². The van der Waals surface area contributed by atoms with E-state index in [1.54, 1.807) is 12.3 Å². The van der Waals surface area contributed by atoms with Gasteiger partial charge in [-0.1, -0.05) is 6.07 Å². The van der Waals surface area contributed by atoms with Crippen molar-refractivity contribution in [2.24, 2.45) is 0 Å². The predicted molar refractivity (Wildman–Crippen MR) is 103 cm³/mol. The molecule has 0 atom stereocenters. The molecule has 6 nitrogen and oxygen atoms in total. The van der Waals surface area contributed by atoms with Crippen molar-refractivity contribution in [3.63, 3.8) is 0 Å². The predicted octanol–water partition coefficient (Wildman–Crippen LogP) is 3.03. The zero-order valence-corrected chi connectivity index (χ0v) is 15.8. The molecule has 0 amide bonds. The monoisotopic (exact) mass is 388 g/mol. The fourth-order valence-electron chi connectivity index (χ4n) is 3.57. The van der Waals surface area contributed by atoms with Crippen molar-refractivity contribution in [2.75, 3.05) is 24.2 Å². The third-order valence-electron chi connectivity index (χ3n) is 4.91. The summed E-state index contributed by atoms with van der Waals surface area (Å²) in [5.74, 6) is 1.82. The van der Waals surface area contributed by atoms with Gasteiger partial charge in [0.05, 0.1) is 16.8 Å². The molecule has 2 aromatic heterocycles. The van der Waals surface area contributed by atoms with Crippen LogP contribution in [0.1, 0.15) is 30.1 Å². The lowest BCUT2D eigenvalue weighted by atomic mass is 9.96. The number of halogens is 1. The number of rotatable bonds is 4. The maximum absolute atomic E-state index is 13.4. The molecule has 1 aliphatic heterocycles. The summed E-state index contributed by atoms with van der Waals surface area (Å²) in [6, 6.07) is 8.30. The Kier molecular flexibility index (Phi) is 4.59. The maximum Gasteiger partial charge on any atom is 0.151 e. The highest BCUT2D eigenvalue weighted by Crippen LogP contribution is 2.29. The number of H-pyrrole nitrogens is 1. The number of nitrogens with zero attached hydrogens (tertiary/aromatic N) is 3. The molecule has 0 bridgehead atoms. The highest BCUT2D eigenvalue weighted by atomic mass is 32.2. The highest BCUT2D eigenvalue weighted by Gasteiger charge is 2.24. The van der Waals surface area contributed by atoms with Crippen LogP contribution < -0.4 is 4.90 Å². The summed E-state index contributed by atoms with van der Waals surface area (Å²) in [5, 5.41) is 0. The van der Waals surface area contributed by atoms with Crippen molar-refractivity contribution in [1.29, 1.82) is 0 Å². The molecule has 3 aromatic rings. The van der Waals surface area contributed by atoms with Gasteiger partial charge in [0.2, 0.25) is 0 Å². The van der Waals surface area contributed by atoms with Gasteiger partial charge in [-0.3, -0.25) is 0 Å². The number of pyridine rings is 1. The molecule has 1 aliphatic rings.